The minimum Gasteiger partial charge on any atom is -0.396 e. The van der Waals surface area contributed by atoms with Gasteiger partial charge in [-0.25, -0.2) is 0 Å². The summed E-state index contributed by atoms with van der Waals surface area (Å²) in [6.07, 6.45) is 0. The maximum Gasteiger partial charge on any atom is 0.220 e. The lowest BCUT2D eigenvalue weighted by atomic mass is 9.85. The number of aliphatic hydroxyl groups is 1. The number of amides is 1. The maximum atomic E-state index is 10.7. The molecule has 66 valence electrons. The molecule has 3 heteroatoms. The van der Waals surface area contributed by atoms with Gasteiger partial charge in [-0.15, -0.1) is 0 Å². The van der Waals surface area contributed by atoms with Crippen molar-refractivity contribution in [1.29, 1.82) is 0 Å². The average Bonchev–Trinajstić information content (AvgIpc) is 2.00. The fourth-order valence-electron chi connectivity index (χ4n) is 0.918. The van der Waals surface area contributed by atoms with Crippen LogP contribution in [0.2, 0.25) is 0 Å². The highest BCUT2D eigenvalue weighted by Crippen LogP contribution is 2.19. The lowest BCUT2D eigenvalue weighted by Gasteiger charge is -2.21. The number of primary amides is 1. The largest absolute Gasteiger partial charge is 0.396 e. The molecule has 0 aliphatic carbocycles. The summed E-state index contributed by atoms with van der Waals surface area (Å²) in [5.74, 6) is -0.162. The van der Waals surface area contributed by atoms with Crippen LogP contribution >= 0.6 is 0 Å². The number of carbonyl (C=O) groups is 1. The van der Waals surface area contributed by atoms with Crippen molar-refractivity contribution in [3.8, 4) is 0 Å². The van der Waals surface area contributed by atoms with E-state index in [4.69, 9.17) is 10.8 Å². The van der Waals surface area contributed by atoms with Gasteiger partial charge in [0.15, 0.2) is 0 Å². The monoisotopic (exact) mass is 159 g/mol. The number of nitrogens with two attached hydrogens (primary N) is 1. The second-order valence-electron chi connectivity index (χ2n) is 3.21. The standard InChI is InChI=1S/C8H17NO2/c1-5(4-10)6(2)7(3)8(9)11/h5-7,10H,4H2,1-3H3,(H2,9,11). The second kappa shape index (κ2) is 4.34. The van der Waals surface area contributed by atoms with Gasteiger partial charge in [0, 0.05) is 12.5 Å². The molecule has 0 heterocycles. The van der Waals surface area contributed by atoms with Crippen LogP contribution in [-0.2, 0) is 4.79 Å². The molecule has 11 heavy (non-hydrogen) atoms. The summed E-state index contributed by atoms with van der Waals surface area (Å²) in [5.41, 5.74) is 5.11. The van der Waals surface area contributed by atoms with Crippen molar-refractivity contribution in [3.63, 3.8) is 0 Å². The van der Waals surface area contributed by atoms with Crippen LogP contribution in [0.15, 0.2) is 0 Å². The summed E-state index contributed by atoms with van der Waals surface area (Å²) in [4.78, 5) is 10.7. The van der Waals surface area contributed by atoms with E-state index >= 15 is 0 Å². The van der Waals surface area contributed by atoms with E-state index in [1.807, 2.05) is 13.8 Å². The molecule has 3 atom stereocenters. The summed E-state index contributed by atoms with van der Waals surface area (Å²) >= 11 is 0. The average molecular weight is 159 g/mol. The van der Waals surface area contributed by atoms with E-state index in [0.29, 0.717) is 0 Å². The van der Waals surface area contributed by atoms with Crippen molar-refractivity contribution >= 4 is 5.91 Å². The van der Waals surface area contributed by atoms with Gasteiger partial charge in [0.05, 0.1) is 0 Å². The molecular weight excluding hydrogens is 142 g/mol. The van der Waals surface area contributed by atoms with Crippen LogP contribution in [0.25, 0.3) is 0 Å². The SMILES string of the molecule is CC(CO)C(C)C(C)C(N)=O. The summed E-state index contributed by atoms with van der Waals surface area (Å²) in [7, 11) is 0. The van der Waals surface area contributed by atoms with Crippen LogP contribution in [0.5, 0.6) is 0 Å². The molecule has 0 aliphatic heterocycles. The molecule has 0 saturated carbocycles. The lowest BCUT2D eigenvalue weighted by Crippen LogP contribution is -2.30. The predicted octanol–water partition coefficient (Wildman–Crippen LogP) is 0.372. The van der Waals surface area contributed by atoms with Gasteiger partial charge in [-0.1, -0.05) is 20.8 Å². The van der Waals surface area contributed by atoms with E-state index in [0.717, 1.165) is 0 Å². The van der Waals surface area contributed by atoms with Crippen molar-refractivity contribution in [2.45, 2.75) is 20.8 Å². The molecule has 0 rings (SSSR count). The van der Waals surface area contributed by atoms with E-state index < -0.39 is 0 Å². The Labute approximate surface area is 67.6 Å². The molecule has 0 aromatic rings. The van der Waals surface area contributed by atoms with Gasteiger partial charge >= 0.3 is 0 Å². The van der Waals surface area contributed by atoms with Crippen LogP contribution in [-0.4, -0.2) is 17.6 Å². The summed E-state index contributed by atoms with van der Waals surface area (Å²) in [6.45, 7) is 5.73. The fraction of sp³-hybridized carbons (Fsp3) is 0.875. The Morgan fingerprint density at radius 1 is 1.45 bits per heavy atom. The van der Waals surface area contributed by atoms with Crippen molar-refractivity contribution in [1.82, 2.24) is 0 Å². The van der Waals surface area contributed by atoms with E-state index in [9.17, 15) is 4.79 Å². The first-order valence-electron chi connectivity index (χ1n) is 3.90. The third kappa shape index (κ3) is 2.89. The topological polar surface area (TPSA) is 63.3 Å². The first-order valence-corrected chi connectivity index (χ1v) is 3.90. The van der Waals surface area contributed by atoms with Gasteiger partial charge in [0.25, 0.3) is 0 Å². The van der Waals surface area contributed by atoms with Crippen molar-refractivity contribution in [2.75, 3.05) is 6.61 Å². The lowest BCUT2D eigenvalue weighted by molar-refractivity contribution is -0.123. The molecular formula is C8H17NO2. The van der Waals surface area contributed by atoms with E-state index in [1.165, 1.54) is 0 Å². The molecule has 3 nitrogen and oxygen atoms in total. The fourth-order valence-corrected chi connectivity index (χ4v) is 0.918. The molecule has 0 aliphatic rings. The van der Waals surface area contributed by atoms with Gasteiger partial charge in [0.2, 0.25) is 5.91 Å². The highest BCUT2D eigenvalue weighted by molar-refractivity contribution is 5.76. The predicted molar refractivity (Wildman–Crippen MR) is 43.8 cm³/mol. The first kappa shape index (κ1) is 10.4. The van der Waals surface area contributed by atoms with Crippen LogP contribution < -0.4 is 5.73 Å². The second-order valence-corrected chi connectivity index (χ2v) is 3.21. The molecule has 0 aromatic heterocycles. The minimum atomic E-state index is -0.294. The first-order chi connectivity index (χ1) is 5.00. The van der Waals surface area contributed by atoms with Crippen molar-refractivity contribution in [2.24, 2.45) is 23.5 Å². The van der Waals surface area contributed by atoms with Gasteiger partial charge in [0.1, 0.15) is 0 Å². The van der Waals surface area contributed by atoms with E-state index in [2.05, 4.69) is 0 Å². The maximum absolute atomic E-state index is 10.7. The zero-order chi connectivity index (χ0) is 9.02. The van der Waals surface area contributed by atoms with Crippen LogP contribution in [0.3, 0.4) is 0 Å². The molecule has 0 bridgehead atoms. The number of aliphatic hydroxyl groups excluding tert-OH is 1. The van der Waals surface area contributed by atoms with Crippen LogP contribution in [0.4, 0.5) is 0 Å². The number of rotatable bonds is 4. The van der Waals surface area contributed by atoms with Crippen molar-refractivity contribution in [3.05, 3.63) is 0 Å². The third-order valence-electron chi connectivity index (χ3n) is 2.42. The molecule has 1 amide bonds. The number of hydrogen-bond acceptors (Lipinski definition) is 2. The Hall–Kier alpha value is -0.570. The molecule has 0 aromatic carbocycles. The Morgan fingerprint density at radius 3 is 2.18 bits per heavy atom. The Bertz CT molecular complexity index is 136. The summed E-state index contributed by atoms with van der Waals surface area (Å²) in [6, 6.07) is 0. The van der Waals surface area contributed by atoms with Gasteiger partial charge < -0.3 is 10.8 Å². The molecule has 3 N–H and O–H groups in total. The third-order valence-corrected chi connectivity index (χ3v) is 2.42. The normalized spacial score (nSPS) is 18.9. The number of hydrogen-bond donors (Lipinski definition) is 2. The quantitative estimate of drug-likeness (QED) is 0.622. The molecule has 0 spiro atoms. The Kier molecular flexibility index (Phi) is 4.11. The van der Waals surface area contributed by atoms with Gasteiger partial charge in [-0.2, -0.15) is 0 Å². The molecule has 3 unspecified atom stereocenters. The molecule has 0 saturated heterocycles. The van der Waals surface area contributed by atoms with E-state index in [-0.39, 0.29) is 30.3 Å². The Balaban J connectivity index is 4.00. The molecule has 0 fully saturated rings. The van der Waals surface area contributed by atoms with E-state index in [1.54, 1.807) is 6.92 Å². The highest BCUT2D eigenvalue weighted by atomic mass is 16.3. The zero-order valence-corrected chi connectivity index (χ0v) is 7.37. The van der Waals surface area contributed by atoms with Gasteiger partial charge in [-0.05, 0) is 11.8 Å². The summed E-state index contributed by atoms with van der Waals surface area (Å²) < 4.78 is 0. The molecule has 0 radical (unpaired) electrons. The minimum absolute atomic E-state index is 0.110. The summed E-state index contributed by atoms with van der Waals surface area (Å²) in [5, 5.41) is 8.78. The van der Waals surface area contributed by atoms with Gasteiger partial charge in [-0.3, -0.25) is 4.79 Å². The van der Waals surface area contributed by atoms with Crippen molar-refractivity contribution < 1.29 is 9.90 Å². The van der Waals surface area contributed by atoms with Crippen LogP contribution in [0, 0.1) is 17.8 Å². The Morgan fingerprint density at radius 2 is 1.91 bits per heavy atom. The zero-order valence-electron chi connectivity index (χ0n) is 7.37. The smallest absolute Gasteiger partial charge is 0.220 e. The highest BCUT2D eigenvalue weighted by Gasteiger charge is 2.22. The number of carbonyl (C=O) groups excluding carboxylic acids is 1. The van der Waals surface area contributed by atoms with Crippen LogP contribution in [0.1, 0.15) is 20.8 Å².